The first-order chi connectivity index (χ1) is 11.6. The molecule has 2 aromatic carbocycles. The minimum absolute atomic E-state index is 0.514. The highest BCUT2D eigenvalue weighted by Crippen LogP contribution is 2.30. The molecule has 1 fully saturated rings. The minimum Gasteiger partial charge on any atom is -0.349 e. The van der Waals surface area contributed by atoms with Crippen LogP contribution in [-0.4, -0.2) is 23.1 Å². The Balaban J connectivity index is 1.52. The van der Waals surface area contributed by atoms with Crippen molar-refractivity contribution in [2.75, 3.05) is 18.4 Å². The Hall–Kier alpha value is -1.29. The largest absolute Gasteiger partial charge is 0.349 e. The van der Waals surface area contributed by atoms with E-state index in [2.05, 4.69) is 40.5 Å². The third kappa shape index (κ3) is 4.41. The van der Waals surface area contributed by atoms with Gasteiger partial charge in [0, 0.05) is 13.1 Å². The maximum atomic E-state index is 6.22. The first-order valence-corrected chi connectivity index (χ1v) is 9.34. The van der Waals surface area contributed by atoms with Crippen LogP contribution in [0.4, 0.5) is 5.69 Å². The number of hydrogen-bond acceptors (Lipinski definition) is 1. The molecule has 3 rings (SSSR count). The summed E-state index contributed by atoms with van der Waals surface area (Å²) in [6.45, 7) is 1.95. The zero-order valence-electron chi connectivity index (χ0n) is 13.3. The third-order valence-corrected chi connectivity index (χ3v) is 5.64. The molecule has 0 aromatic heterocycles. The van der Waals surface area contributed by atoms with E-state index >= 15 is 0 Å². The van der Waals surface area contributed by atoms with Crippen molar-refractivity contribution in [2.24, 2.45) is 5.92 Å². The molecule has 0 unspecified atom stereocenters. The van der Waals surface area contributed by atoms with E-state index in [9.17, 15) is 0 Å². The topological polar surface area (TPSA) is 15.3 Å². The predicted molar refractivity (Wildman–Crippen MR) is 107 cm³/mol. The van der Waals surface area contributed by atoms with Crippen molar-refractivity contribution in [3.8, 4) is 0 Å². The molecule has 1 N–H and O–H groups in total. The summed E-state index contributed by atoms with van der Waals surface area (Å²) in [5, 5.41) is 4.99. The number of thiocarbonyl (C=S) groups is 1. The van der Waals surface area contributed by atoms with E-state index in [-0.39, 0.29) is 0 Å². The average Bonchev–Trinajstić information content (AvgIpc) is 2.60. The van der Waals surface area contributed by atoms with Gasteiger partial charge in [-0.25, -0.2) is 0 Å². The second kappa shape index (κ2) is 8.19. The van der Waals surface area contributed by atoms with Gasteiger partial charge in [0.1, 0.15) is 0 Å². The van der Waals surface area contributed by atoms with Gasteiger partial charge in [-0.2, -0.15) is 0 Å². The summed E-state index contributed by atoms with van der Waals surface area (Å²) >= 11 is 17.8. The predicted octanol–water partition coefficient (Wildman–Crippen LogP) is 5.64. The Morgan fingerprint density at radius 3 is 2.46 bits per heavy atom. The fourth-order valence-corrected chi connectivity index (χ4v) is 3.72. The summed E-state index contributed by atoms with van der Waals surface area (Å²) in [5.74, 6) is 0.723. The van der Waals surface area contributed by atoms with Crippen LogP contribution in [0.3, 0.4) is 0 Å². The molecule has 0 saturated carbocycles. The minimum atomic E-state index is 0.514. The second-order valence-electron chi connectivity index (χ2n) is 6.15. The number of anilines is 1. The molecule has 126 valence electrons. The summed E-state index contributed by atoms with van der Waals surface area (Å²) in [7, 11) is 0. The molecule has 0 amide bonds. The van der Waals surface area contributed by atoms with Gasteiger partial charge in [0.05, 0.1) is 15.7 Å². The van der Waals surface area contributed by atoms with E-state index in [0.717, 1.165) is 49.1 Å². The average molecular weight is 379 g/mol. The lowest BCUT2D eigenvalue weighted by atomic mass is 9.90. The van der Waals surface area contributed by atoms with Crippen molar-refractivity contribution in [3.05, 3.63) is 64.1 Å². The number of rotatable bonds is 3. The van der Waals surface area contributed by atoms with Gasteiger partial charge in [0.2, 0.25) is 0 Å². The van der Waals surface area contributed by atoms with Crippen molar-refractivity contribution in [2.45, 2.75) is 19.3 Å². The molecule has 1 aliphatic heterocycles. The normalized spacial score (nSPS) is 15.3. The summed E-state index contributed by atoms with van der Waals surface area (Å²) in [6, 6.07) is 16.2. The molecular formula is C19H20Cl2N2S. The first kappa shape index (κ1) is 17.5. The van der Waals surface area contributed by atoms with Gasteiger partial charge in [0.15, 0.2) is 5.11 Å². The monoisotopic (exact) mass is 378 g/mol. The SMILES string of the molecule is S=C(Nc1cccc(Cl)c1Cl)N1CCC(Cc2ccccc2)CC1. The van der Waals surface area contributed by atoms with E-state index < -0.39 is 0 Å². The van der Waals surface area contributed by atoms with Crippen LogP contribution in [0.2, 0.25) is 10.0 Å². The van der Waals surface area contributed by atoms with Crippen molar-refractivity contribution < 1.29 is 0 Å². The molecule has 0 aliphatic carbocycles. The smallest absolute Gasteiger partial charge is 0.173 e. The van der Waals surface area contributed by atoms with Gasteiger partial charge in [-0.3, -0.25) is 0 Å². The van der Waals surface area contributed by atoms with Crippen LogP contribution in [0.5, 0.6) is 0 Å². The lowest BCUT2D eigenvalue weighted by molar-refractivity contribution is 0.268. The highest BCUT2D eigenvalue weighted by Gasteiger charge is 2.21. The van der Waals surface area contributed by atoms with E-state index in [1.54, 1.807) is 6.07 Å². The summed E-state index contributed by atoms with van der Waals surface area (Å²) < 4.78 is 0. The quantitative estimate of drug-likeness (QED) is 0.695. The van der Waals surface area contributed by atoms with E-state index in [0.29, 0.717) is 10.0 Å². The van der Waals surface area contributed by atoms with Gasteiger partial charge >= 0.3 is 0 Å². The Morgan fingerprint density at radius 2 is 1.75 bits per heavy atom. The number of piperidine rings is 1. The zero-order valence-corrected chi connectivity index (χ0v) is 15.7. The molecular weight excluding hydrogens is 359 g/mol. The molecule has 2 nitrogen and oxygen atoms in total. The van der Waals surface area contributed by atoms with Gasteiger partial charge in [-0.15, -0.1) is 0 Å². The highest BCUT2D eigenvalue weighted by atomic mass is 35.5. The van der Waals surface area contributed by atoms with Crippen LogP contribution in [0.1, 0.15) is 18.4 Å². The van der Waals surface area contributed by atoms with Crippen molar-refractivity contribution in [3.63, 3.8) is 0 Å². The van der Waals surface area contributed by atoms with Crippen LogP contribution in [-0.2, 0) is 6.42 Å². The number of nitrogens with one attached hydrogen (secondary N) is 1. The molecule has 24 heavy (non-hydrogen) atoms. The summed E-state index contributed by atoms with van der Waals surface area (Å²) in [5.41, 5.74) is 2.18. The Morgan fingerprint density at radius 1 is 1.04 bits per heavy atom. The van der Waals surface area contributed by atoms with Gasteiger partial charge < -0.3 is 10.2 Å². The van der Waals surface area contributed by atoms with Gasteiger partial charge in [-0.05, 0) is 55.1 Å². The molecule has 1 aliphatic rings. The number of hydrogen-bond donors (Lipinski definition) is 1. The summed E-state index contributed by atoms with van der Waals surface area (Å²) in [6.07, 6.45) is 3.45. The molecule has 1 heterocycles. The maximum absolute atomic E-state index is 6.22. The molecule has 1 saturated heterocycles. The van der Waals surface area contributed by atoms with Crippen LogP contribution in [0.25, 0.3) is 0 Å². The lowest BCUT2D eigenvalue weighted by Gasteiger charge is -2.34. The van der Waals surface area contributed by atoms with E-state index in [1.807, 2.05) is 12.1 Å². The number of nitrogens with zero attached hydrogens (tertiary/aromatic N) is 1. The third-order valence-electron chi connectivity index (χ3n) is 4.46. The molecule has 0 spiro atoms. The van der Waals surface area contributed by atoms with Crippen LogP contribution in [0.15, 0.2) is 48.5 Å². The fourth-order valence-electron chi connectivity index (χ4n) is 3.08. The van der Waals surface area contributed by atoms with Crippen molar-refractivity contribution in [1.82, 2.24) is 4.90 Å². The van der Waals surface area contributed by atoms with E-state index in [4.69, 9.17) is 35.4 Å². The highest BCUT2D eigenvalue weighted by molar-refractivity contribution is 7.80. The van der Waals surface area contributed by atoms with E-state index in [1.165, 1.54) is 5.56 Å². The lowest BCUT2D eigenvalue weighted by Crippen LogP contribution is -2.41. The molecule has 2 aromatic rings. The van der Waals surface area contributed by atoms with Gasteiger partial charge in [-0.1, -0.05) is 59.6 Å². The molecule has 0 radical (unpaired) electrons. The van der Waals surface area contributed by atoms with Crippen molar-refractivity contribution >= 4 is 46.2 Å². The number of benzene rings is 2. The Bertz CT molecular complexity index is 698. The van der Waals surface area contributed by atoms with Gasteiger partial charge in [0.25, 0.3) is 0 Å². The molecule has 0 bridgehead atoms. The zero-order chi connectivity index (χ0) is 16.9. The molecule has 0 atom stereocenters. The Kier molecular flexibility index (Phi) is 5.99. The first-order valence-electron chi connectivity index (χ1n) is 8.17. The Labute approximate surface area is 158 Å². The van der Waals surface area contributed by atoms with Crippen LogP contribution in [0, 0.1) is 5.92 Å². The second-order valence-corrected chi connectivity index (χ2v) is 7.32. The summed E-state index contributed by atoms with van der Waals surface area (Å²) in [4.78, 5) is 2.22. The van der Waals surface area contributed by atoms with Crippen LogP contribution >= 0.6 is 35.4 Å². The molecule has 5 heteroatoms. The fraction of sp³-hybridized carbons (Fsp3) is 0.316. The standard InChI is InChI=1S/C19H20Cl2N2S/c20-16-7-4-8-17(18(16)21)22-19(24)23-11-9-15(10-12-23)13-14-5-2-1-3-6-14/h1-8,15H,9-13H2,(H,22,24). The number of halogens is 2. The number of likely N-dealkylation sites (tertiary alicyclic amines) is 1. The maximum Gasteiger partial charge on any atom is 0.173 e. The van der Waals surface area contributed by atoms with Crippen molar-refractivity contribution in [1.29, 1.82) is 0 Å². The van der Waals surface area contributed by atoms with Crippen LogP contribution < -0.4 is 5.32 Å².